The number of halogens is 3. The zero-order valence-electron chi connectivity index (χ0n) is 19.6. The number of nitrogens with zero attached hydrogens (tertiary/aromatic N) is 2. The Morgan fingerprint density at radius 3 is 2.39 bits per heavy atom. The molecule has 0 atom stereocenters. The van der Waals surface area contributed by atoms with E-state index in [0.29, 0.717) is 11.8 Å². The second kappa shape index (κ2) is 12.2. The molecule has 0 bridgehead atoms. The number of furan rings is 1. The molecule has 7 nitrogen and oxygen atoms in total. The smallest absolute Gasteiger partial charge is 0.416 e. The molecule has 0 radical (unpaired) electrons. The zero-order valence-corrected chi connectivity index (χ0v) is 20.5. The number of rotatable bonds is 12. The summed E-state index contributed by atoms with van der Waals surface area (Å²) < 4.78 is 77.6. The van der Waals surface area contributed by atoms with E-state index in [1.54, 1.807) is 12.1 Å². The summed E-state index contributed by atoms with van der Waals surface area (Å²) in [5.74, 6) is -0.0193. The third-order valence-electron chi connectivity index (χ3n) is 5.36. The number of hydrogen-bond donors (Lipinski definition) is 0. The van der Waals surface area contributed by atoms with Crippen molar-refractivity contribution < 1.29 is 35.5 Å². The normalized spacial score (nSPS) is 12.1. The Labute approximate surface area is 208 Å². The van der Waals surface area contributed by atoms with Gasteiger partial charge in [0.1, 0.15) is 5.76 Å². The molecule has 1 heterocycles. The monoisotopic (exact) mass is 524 g/mol. The van der Waals surface area contributed by atoms with Gasteiger partial charge in [0.05, 0.1) is 29.8 Å². The minimum absolute atomic E-state index is 0.0935. The summed E-state index contributed by atoms with van der Waals surface area (Å²) in [6.45, 7) is -0.178. The van der Waals surface area contributed by atoms with Gasteiger partial charge in [-0.2, -0.15) is 17.5 Å². The predicted octanol–water partition coefficient (Wildman–Crippen LogP) is 4.55. The maximum absolute atomic E-state index is 13.4. The van der Waals surface area contributed by atoms with Crippen LogP contribution in [0.3, 0.4) is 0 Å². The number of carbonyl (C=O) groups excluding carboxylic acids is 1. The Morgan fingerprint density at radius 2 is 1.75 bits per heavy atom. The van der Waals surface area contributed by atoms with Crippen LogP contribution in [0.5, 0.6) is 0 Å². The van der Waals surface area contributed by atoms with Gasteiger partial charge in [-0.3, -0.25) is 4.79 Å². The van der Waals surface area contributed by atoms with Gasteiger partial charge in [-0.25, -0.2) is 8.42 Å². The van der Waals surface area contributed by atoms with Crippen LogP contribution < -0.4 is 0 Å². The highest BCUT2D eigenvalue weighted by Gasteiger charge is 2.34. The lowest BCUT2D eigenvalue weighted by atomic mass is 10.2. The molecule has 36 heavy (non-hydrogen) atoms. The molecular formula is C25H27F3N2O5S. The van der Waals surface area contributed by atoms with E-state index in [1.807, 2.05) is 30.3 Å². The number of carbonyl (C=O) groups is 1. The van der Waals surface area contributed by atoms with Crippen LogP contribution in [0.4, 0.5) is 13.2 Å². The Morgan fingerprint density at radius 1 is 1.00 bits per heavy atom. The second-order valence-electron chi connectivity index (χ2n) is 8.03. The van der Waals surface area contributed by atoms with Crippen molar-refractivity contribution >= 4 is 15.9 Å². The summed E-state index contributed by atoms with van der Waals surface area (Å²) in [7, 11) is -2.97. The van der Waals surface area contributed by atoms with Crippen molar-refractivity contribution in [2.45, 2.75) is 30.6 Å². The van der Waals surface area contributed by atoms with Gasteiger partial charge in [-0.05, 0) is 42.3 Å². The summed E-state index contributed by atoms with van der Waals surface area (Å²) in [4.78, 5) is 14.3. The van der Waals surface area contributed by atoms with E-state index in [9.17, 15) is 26.4 Å². The molecule has 194 valence electrons. The highest BCUT2D eigenvalue weighted by molar-refractivity contribution is 7.89. The SMILES string of the molecule is COCCCN(CC(=O)N(Cc1ccccc1)Cc1ccco1)S(=O)(=O)c1cccc(C(F)(F)F)c1. The fourth-order valence-corrected chi connectivity index (χ4v) is 5.00. The minimum Gasteiger partial charge on any atom is -0.467 e. The van der Waals surface area contributed by atoms with Crippen LogP contribution in [-0.2, 0) is 38.8 Å². The van der Waals surface area contributed by atoms with Crippen molar-refractivity contribution in [3.05, 3.63) is 89.9 Å². The Balaban J connectivity index is 1.89. The van der Waals surface area contributed by atoms with Crippen LogP contribution in [0.25, 0.3) is 0 Å². The fourth-order valence-electron chi connectivity index (χ4n) is 3.53. The van der Waals surface area contributed by atoms with Gasteiger partial charge in [-0.1, -0.05) is 36.4 Å². The first-order valence-electron chi connectivity index (χ1n) is 11.1. The van der Waals surface area contributed by atoms with Crippen molar-refractivity contribution in [1.82, 2.24) is 9.21 Å². The molecule has 2 aromatic carbocycles. The summed E-state index contributed by atoms with van der Waals surface area (Å²) >= 11 is 0. The lowest BCUT2D eigenvalue weighted by Gasteiger charge is -2.27. The Hall–Kier alpha value is -3.15. The molecule has 0 aliphatic carbocycles. The fraction of sp³-hybridized carbons (Fsp3) is 0.320. The van der Waals surface area contributed by atoms with E-state index in [2.05, 4.69) is 0 Å². The Kier molecular flexibility index (Phi) is 9.30. The van der Waals surface area contributed by atoms with E-state index in [-0.39, 0.29) is 32.7 Å². The average Bonchev–Trinajstić information content (AvgIpc) is 3.36. The van der Waals surface area contributed by atoms with E-state index in [4.69, 9.17) is 9.15 Å². The van der Waals surface area contributed by atoms with Crippen molar-refractivity contribution in [1.29, 1.82) is 0 Å². The molecule has 1 amide bonds. The van der Waals surface area contributed by atoms with Crippen LogP contribution in [-0.4, -0.2) is 50.3 Å². The van der Waals surface area contributed by atoms with E-state index in [0.717, 1.165) is 28.1 Å². The van der Waals surface area contributed by atoms with Crippen molar-refractivity contribution in [2.24, 2.45) is 0 Å². The van der Waals surface area contributed by atoms with Gasteiger partial charge < -0.3 is 14.1 Å². The quantitative estimate of drug-likeness (QED) is 0.325. The first kappa shape index (κ1) is 27.4. The molecule has 3 aromatic rings. The number of methoxy groups -OCH3 is 1. The number of amides is 1. The van der Waals surface area contributed by atoms with Crippen LogP contribution in [0.2, 0.25) is 0 Å². The second-order valence-corrected chi connectivity index (χ2v) is 9.96. The number of benzene rings is 2. The lowest BCUT2D eigenvalue weighted by Crippen LogP contribution is -2.43. The maximum Gasteiger partial charge on any atom is 0.416 e. The van der Waals surface area contributed by atoms with Gasteiger partial charge in [0.15, 0.2) is 0 Å². The third-order valence-corrected chi connectivity index (χ3v) is 7.20. The van der Waals surface area contributed by atoms with E-state index >= 15 is 0 Å². The largest absolute Gasteiger partial charge is 0.467 e. The molecule has 0 aliphatic heterocycles. The highest BCUT2D eigenvalue weighted by atomic mass is 32.2. The number of ether oxygens (including phenoxy) is 1. The van der Waals surface area contributed by atoms with Crippen LogP contribution in [0.1, 0.15) is 23.3 Å². The molecular weight excluding hydrogens is 497 g/mol. The van der Waals surface area contributed by atoms with Gasteiger partial charge >= 0.3 is 6.18 Å². The third kappa shape index (κ3) is 7.42. The zero-order chi connectivity index (χ0) is 26.2. The standard InChI is InChI=1S/C25H27F3N2O5S/c1-34-14-7-13-30(36(32,33)23-12-5-10-21(16-23)25(26,27)28)19-24(31)29(18-22-11-6-15-35-22)17-20-8-3-2-4-9-20/h2-6,8-12,15-16H,7,13-14,17-19H2,1H3. The van der Waals surface area contributed by atoms with Crippen LogP contribution in [0.15, 0.2) is 82.3 Å². The molecule has 0 N–H and O–H groups in total. The molecule has 0 spiro atoms. The summed E-state index contributed by atoms with van der Waals surface area (Å²) in [6.07, 6.45) is -2.99. The average molecular weight is 525 g/mol. The van der Waals surface area contributed by atoms with Gasteiger partial charge in [0, 0.05) is 26.8 Å². The first-order valence-corrected chi connectivity index (χ1v) is 12.6. The molecule has 0 fully saturated rings. The topological polar surface area (TPSA) is 80.1 Å². The number of sulfonamides is 1. The number of hydrogen-bond acceptors (Lipinski definition) is 5. The highest BCUT2D eigenvalue weighted by Crippen LogP contribution is 2.31. The first-order chi connectivity index (χ1) is 17.1. The van der Waals surface area contributed by atoms with Crippen LogP contribution in [0, 0.1) is 0 Å². The van der Waals surface area contributed by atoms with Crippen molar-refractivity contribution in [3.8, 4) is 0 Å². The molecule has 0 saturated carbocycles. The maximum atomic E-state index is 13.4. The van der Waals surface area contributed by atoms with Crippen LogP contribution >= 0.6 is 0 Å². The summed E-state index contributed by atoms with van der Waals surface area (Å²) in [5.41, 5.74) is -0.264. The summed E-state index contributed by atoms with van der Waals surface area (Å²) in [5, 5.41) is 0. The Bertz CT molecular complexity index is 1220. The predicted molar refractivity (Wildman–Crippen MR) is 126 cm³/mol. The van der Waals surface area contributed by atoms with E-state index in [1.165, 1.54) is 18.3 Å². The summed E-state index contributed by atoms with van der Waals surface area (Å²) in [6, 6.07) is 16.0. The van der Waals surface area contributed by atoms with Gasteiger partial charge in [0.25, 0.3) is 0 Å². The molecule has 11 heteroatoms. The molecule has 0 saturated heterocycles. The molecule has 3 rings (SSSR count). The lowest BCUT2D eigenvalue weighted by molar-refractivity contribution is -0.137. The van der Waals surface area contributed by atoms with E-state index < -0.39 is 39.1 Å². The van der Waals surface area contributed by atoms with Gasteiger partial charge in [0.2, 0.25) is 15.9 Å². The van der Waals surface area contributed by atoms with Crippen molar-refractivity contribution in [2.75, 3.05) is 26.8 Å². The van der Waals surface area contributed by atoms with Crippen molar-refractivity contribution in [3.63, 3.8) is 0 Å². The molecule has 0 aliphatic rings. The number of alkyl halides is 3. The molecule has 1 aromatic heterocycles. The molecule has 0 unspecified atom stereocenters. The minimum atomic E-state index is -4.71. The van der Waals surface area contributed by atoms with Gasteiger partial charge in [-0.15, -0.1) is 0 Å².